The molecule has 37 heavy (non-hydrogen) atoms. The van der Waals surface area contributed by atoms with E-state index in [0.717, 1.165) is 12.1 Å². The molecule has 10 heteroatoms. The molecule has 2 aromatic carbocycles. The van der Waals surface area contributed by atoms with Gasteiger partial charge in [0.05, 0.1) is 11.7 Å². The van der Waals surface area contributed by atoms with Gasteiger partial charge in [-0.15, -0.1) is 0 Å². The number of methoxy groups -OCH3 is 2. The van der Waals surface area contributed by atoms with Crippen LogP contribution in [-0.4, -0.2) is 81.3 Å². The second-order valence-electron chi connectivity index (χ2n) is 9.45. The highest BCUT2D eigenvalue weighted by Gasteiger charge is 2.29. The summed E-state index contributed by atoms with van der Waals surface area (Å²) in [5, 5.41) is 2.72. The number of hydrogen-bond donors (Lipinski definition) is 1. The zero-order valence-corrected chi connectivity index (χ0v) is 21.9. The van der Waals surface area contributed by atoms with Crippen molar-refractivity contribution >= 4 is 17.5 Å². The molecule has 3 rings (SSSR count). The van der Waals surface area contributed by atoms with Crippen LogP contribution in [0.5, 0.6) is 5.75 Å². The van der Waals surface area contributed by atoms with Gasteiger partial charge in [0.1, 0.15) is 30.6 Å². The Kier molecular flexibility index (Phi) is 9.96. The van der Waals surface area contributed by atoms with Crippen molar-refractivity contribution in [3.63, 3.8) is 0 Å². The fourth-order valence-electron chi connectivity index (χ4n) is 4.36. The van der Waals surface area contributed by atoms with Crippen LogP contribution < -0.4 is 10.1 Å². The molecule has 2 aromatic rings. The first-order valence-electron chi connectivity index (χ1n) is 12.1. The molecule has 0 saturated carbocycles. The Morgan fingerprint density at radius 3 is 2.59 bits per heavy atom. The summed E-state index contributed by atoms with van der Waals surface area (Å²) in [5.41, 5.74) is 1.04. The van der Waals surface area contributed by atoms with E-state index in [9.17, 15) is 18.4 Å². The third-order valence-corrected chi connectivity index (χ3v) is 6.52. The Bertz CT molecular complexity index is 1100. The average molecular weight is 520 g/mol. The number of benzene rings is 2. The Morgan fingerprint density at radius 2 is 1.89 bits per heavy atom. The second-order valence-corrected chi connectivity index (χ2v) is 9.45. The maximum absolute atomic E-state index is 14.5. The highest BCUT2D eigenvalue weighted by molar-refractivity contribution is 5.98. The molecule has 0 aromatic heterocycles. The number of anilines is 1. The Morgan fingerprint density at radius 1 is 1.14 bits per heavy atom. The van der Waals surface area contributed by atoms with E-state index in [4.69, 9.17) is 14.2 Å². The summed E-state index contributed by atoms with van der Waals surface area (Å²) in [6.45, 7) is 4.97. The Labute approximate surface area is 216 Å². The number of halogens is 2. The van der Waals surface area contributed by atoms with Gasteiger partial charge < -0.3 is 24.4 Å². The van der Waals surface area contributed by atoms with E-state index >= 15 is 0 Å². The monoisotopic (exact) mass is 519 g/mol. The molecule has 0 spiro atoms. The summed E-state index contributed by atoms with van der Waals surface area (Å²) in [6.07, 6.45) is -0.294. The van der Waals surface area contributed by atoms with Gasteiger partial charge in [-0.1, -0.05) is 6.92 Å². The average Bonchev–Trinajstić information content (AvgIpc) is 2.86. The molecular formula is C27H35F2N3O5. The smallest absolute Gasteiger partial charge is 0.257 e. The van der Waals surface area contributed by atoms with Gasteiger partial charge in [-0.2, -0.15) is 0 Å². The highest BCUT2D eigenvalue weighted by Crippen LogP contribution is 2.27. The molecule has 3 atom stereocenters. The first kappa shape index (κ1) is 28.5. The van der Waals surface area contributed by atoms with E-state index in [1.165, 1.54) is 13.2 Å². The lowest BCUT2D eigenvalue weighted by Crippen LogP contribution is -2.46. The molecule has 1 heterocycles. The van der Waals surface area contributed by atoms with Crippen LogP contribution in [0.15, 0.2) is 36.4 Å². The number of fused-ring (bicyclic) bond motifs is 1. The predicted molar refractivity (Wildman–Crippen MR) is 136 cm³/mol. The molecule has 8 nitrogen and oxygen atoms in total. The Hall–Kier alpha value is -3.08. The molecule has 0 fully saturated rings. The van der Waals surface area contributed by atoms with Crippen LogP contribution in [0.4, 0.5) is 14.5 Å². The second kappa shape index (κ2) is 12.9. The fraction of sp³-hybridized carbons (Fsp3) is 0.481. The van der Waals surface area contributed by atoms with Crippen LogP contribution in [0.3, 0.4) is 0 Å². The summed E-state index contributed by atoms with van der Waals surface area (Å²) in [6, 6.07) is 8.03. The number of amides is 2. The summed E-state index contributed by atoms with van der Waals surface area (Å²) in [5.74, 6) is -1.30. The summed E-state index contributed by atoms with van der Waals surface area (Å²) in [7, 11) is 4.71. The van der Waals surface area contributed by atoms with Crippen molar-refractivity contribution < 1.29 is 32.6 Å². The van der Waals surface area contributed by atoms with Gasteiger partial charge >= 0.3 is 0 Å². The predicted octanol–water partition coefficient (Wildman–Crippen LogP) is 3.56. The highest BCUT2D eigenvalue weighted by atomic mass is 19.1. The zero-order chi connectivity index (χ0) is 27.1. The first-order chi connectivity index (χ1) is 17.6. The van der Waals surface area contributed by atoms with Crippen LogP contribution >= 0.6 is 0 Å². The summed E-state index contributed by atoms with van der Waals surface area (Å²) < 4.78 is 45.1. The van der Waals surface area contributed by atoms with Crippen molar-refractivity contribution in [2.45, 2.75) is 32.5 Å². The molecule has 0 bridgehead atoms. The lowest BCUT2D eigenvalue weighted by Gasteiger charge is -2.36. The third-order valence-electron chi connectivity index (χ3n) is 6.52. The van der Waals surface area contributed by atoms with Gasteiger partial charge in [0.2, 0.25) is 5.91 Å². The van der Waals surface area contributed by atoms with E-state index in [0.29, 0.717) is 30.1 Å². The lowest BCUT2D eigenvalue weighted by molar-refractivity contribution is -0.119. The molecule has 1 aliphatic rings. The lowest BCUT2D eigenvalue weighted by atomic mass is 10.0. The number of carbonyl (C=O) groups is 2. The van der Waals surface area contributed by atoms with Crippen molar-refractivity contribution in [2.75, 3.05) is 52.9 Å². The van der Waals surface area contributed by atoms with Gasteiger partial charge in [0.25, 0.3) is 5.91 Å². The molecule has 2 amide bonds. The summed E-state index contributed by atoms with van der Waals surface area (Å²) in [4.78, 5) is 28.9. The van der Waals surface area contributed by atoms with Crippen molar-refractivity contribution in [1.82, 2.24) is 9.80 Å². The minimum absolute atomic E-state index is 0.0309. The van der Waals surface area contributed by atoms with Gasteiger partial charge in [0, 0.05) is 64.3 Å². The van der Waals surface area contributed by atoms with Crippen LogP contribution in [0.25, 0.3) is 0 Å². The largest absolute Gasteiger partial charge is 0.491 e. The fourth-order valence-corrected chi connectivity index (χ4v) is 4.36. The van der Waals surface area contributed by atoms with Crippen molar-refractivity contribution in [2.24, 2.45) is 5.92 Å². The van der Waals surface area contributed by atoms with Crippen molar-refractivity contribution in [3.05, 3.63) is 59.2 Å². The maximum atomic E-state index is 14.5. The van der Waals surface area contributed by atoms with Gasteiger partial charge in [-0.3, -0.25) is 14.5 Å². The summed E-state index contributed by atoms with van der Waals surface area (Å²) >= 11 is 0. The molecule has 1 N–H and O–H groups in total. The van der Waals surface area contributed by atoms with E-state index in [2.05, 4.69) is 5.32 Å². The van der Waals surface area contributed by atoms with Crippen LogP contribution in [0.2, 0.25) is 0 Å². The standard InChI is InChI=1S/C27H35F2N3O5/c1-17-12-32(13-19-10-20(28)6-9-23(19)29)18(2)15-37-24-11-21(30-26(33)16-35-4)7-8-22(24)27(34)31(3)14-25(17)36-5/h6-11,17-18,25H,12-16H2,1-5H3,(H,30,33)/t17-,18+,25+/m1/s1. The van der Waals surface area contributed by atoms with E-state index in [-0.39, 0.29) is 55.2 Å². The molecule has 0 aliphatic carbocycles. The van der Waals surface area contributed by atoms with E-state index < -0.39 is 11.6 Å². The molecule has 0 radical (unpaired) electrons. The number of carbonyl (C=O) groups excluding carboxylic acids is 2. The van der Waals surface area contributed by atoms with Crippen LogP contribution in [0.1, 0.15) is 29.8 Å². The minimum atomic E-state index is -0.505. The molecular weight excluding hydrogens is 484 g/mol. The number of nitrogens with zero attached hydrogens (tertiary/aromatic N) is 2. The van der Waals surface area contributed by atoms with E-state index in [1.807, 2.05) is 18.7 Å². The quantitative estimate of drug-likeness (QED) is 0.629. The number of likely N-dealkylation sites (N-methyl/N-ethyl adjacent to an activating group) is 1. The number of hydrogen-bond acceptors (Lipinski definition) is 6. The molecule has 0 saturated heterocycles. The van der Waals surface area contributed by atoms with Crippen molar-refractivity contribution in [1.29, 1.82) is 0 Å². The molecule has 202 valence electrons. The van der Waals surface area contributed by atoms with Gasteiger partial charge in [-0.25, -0.2) is 8.78 Å². The Balaban J connectivity index is 1.95. The van der Waals surface area contributed by atoms with Gasteiger partial charge in [0.15, 0.2) is 0 Å². The number of ether oxygens (including phenoxy) is 3. The van der Waals surface area contributed by atoms with E-state index in [1.54, 1.807) is 37.3 Å². The van der Waals surface area contributed by atoms with Gasteiger partial charge in [-0.05, 0) is 43.2 Å². The SMILES string of the molecule is COCC(=O)Nc1ccc2c(c1)OC[C@H](C)N(Cc1cc(F)ccc1F)C[C@@H](C)[C@@H](OC)CN(C)C2=O. The topological polar surface area (TPSA) is 80.3 Å². The first-order valence-corrected chi connectivity index (χ1v) is 12.1. The molecule has 0 unspecified atom stereocenters. The van der Waals surface area contributed by atoms with Crippen molar-refractivity contribution in [3.8, 4) is 5.75 Å². The zero-order valence-electron chi connectivity index (χ0n) is 21.9. The maximum Gasteiger partial charge on any atom is 0.257 e. The van der Waals surface area contributed by atoms with Crippen LogP contribution in [0, 0.1) is 17.6 Å². The van der Waals surface area contributed by atoms with Crippen LogP contribution in [-0.2, 0) is 20.8 Å². The molecule has 1 aliphatic heterocycles. The minimum Gasteiger partial charge on any atom is -0.491 e. The number of rotatable bonds is 6. The number of nitrogens with one attached hydrogen (secondary N) is 1. The normalized spacial score (nSPS) is 21.4. The third kappa shape index (κ3) is 7.47.